The summed E-state index contributed by atoms with van der Waals surface area (Å²) in [6.45, 7) is 14.6. The standard InChI is InChI=1S/C17H27N3/c1-13-7-6-8-15(14(13)2)19-9-11-20(12-10-19)16(18)17(3,4)5/h6-8,18H,9-12H2,1-5H3. The quantitative estimate of drug-likeness (QED) is 0.627. The van der Waals surface area contributed by atoms with Gasteiger partial charge in [0.25, 0.3) is 0 Å². The van der Waals surface area contributed by atoms with Crippen LogP contribution in [0.25, 0.3) is 0 Å². The van der Waals surface area contributed by atoms with Crippen LogP contribution < -0.4 is 4.90 Å². The minimum atomic E-state index is -0.0541. The van der Waals surface area contributed by atoms with Crippen LogP contribution in [0.2, 0.25) is 0 Å². The fourth-order valence-corrected chi connectivity index (χ4v) is 2.72. The zero-order chi connectivity index (χ0) is 14.9. The molecular formula is C17H27N3. The third-order valence-corrected chi connectivity index (χ3v) is 4.22. The van der Waals surface area contributed by atoms with Gasteiger partial charge in [-0.15, -0.1) is 0 Å². The molecule has 1 aliphatic heterocycles. The van der Waals surface area contributed by atoms with Crippen molar-refractivity contribution in [3.8, 4) is 0 Å². The summed E-state index contributed by atoms with van der Waals surface area (Å²) in [6, 6.07) is 6.53. The van der Waals surface area contributed by atoms with Crippen LogP contribution in [0.3, 0.4) is 0 Å². The Hall–Kier alpha value is -1.51. The van der Waals surface area contributed by atoms with Crippen molar-refractivity contribution in [2.75, 3.05) is 31.1 Å². The average Bonchev–Trinajstić information content (AvgIpc) is 2.40. The number of nitrogens with zero attached hydrogens (tertiary/aromatic N) is 2. The predicted octanol–water partition coefficient (Wildman–Crippen LogP) is 3.45. The molecule has 1 fully saturated rings. The van der Waals surface area contributed by atoms with Crippen molar-refractivity contribution in [1.82, 2.24) is 4.90 Å². The highest BCUT2D eigenvalue weighted by Crippen LogP contribution is 2.25. The number of amidine groups is 1. The Labute approximate surface area is 123 Å². The molecule has 0 spiro atoms. The second-order valence-electron chi connectivity index (χ2n) is 6.79. The van der Waals surface area contributed by atoms with Crippen LogP contribution >= 0.6 is 0 Å². The van der Waals surface area contributed by atoms with E-state index in [2.05, 4.69) is 62.6 Å². The molecular weight excluding hydrogens is 246 g/mol. The molecule has 3 heteroatoms. The minimum Gasteiger partial charge on any atom is -0.368 e. The summed E-state index contributed by atoms with van der Waals surface area (Å²) >= 11 is 0. The van der Waals surface area contributed by atoms with E-state index in [-0.39, 0.29) is 5.41 Å². The molecule has 0 bridgehead atoms. The van der Waals surface area contributed by atoms with Crippen LogP contribution in [0.1, 0.15) is 31.9 Å². The van der Waals surface area contributed by atoms with Crippen LogP contribution in [0, 0.1) is 24.7 Å². The first-order valence-corrected chi connectivity index (χ1v) is 7.46. The lowest BCUT2D eigenvalue weighted by atomic mass is 9.93. The second kappa shape index (κ2) is 5.47. The van der Waals surface area contributed by atoms with E-state index in [9.17, 15) is 0 Å². The Morgan fingerprint density at radius 2 is 1.65 bits per heavy atom. The van der Waals surface area contributed by atoms with Gasteiger partial charge in [-0.3, -0.25) is 5.41 Å². The van der Waals surface area contributed by atoms with Crippen molar-refractivity contribution in [1.29, 1.82) is 5.41 Å². The van der Waals surface area contributed by atoms with Gasteiger partial charge in [0, 0.05) is 37.3 Å². The zero-order valence-electron chi connectivity index (χ0n) is 13.5. The molecule has 0 aliphatic carbocycles. The molecule has 20 heavy (non-hydrogen) atoms. The molecule has 2 rings (SSSR count). The highest BCUT2D eigenvalue weighted by molar-refractivity contribution is 5.84. The maximum Gasteiger partial charge on any atom is 0.101 e. The number of aryl methyl sites for hydroxylation is 1. The first kappa shape index (κ1) is 14.9. The minimum absolute atomic E-state index is 0.0541. The highest BCUT2D eigenvalue weighted by atomic mass is 15.3. The fraction of sp³-hybridized carbons (Fsp3) is 0.588. The lowest BCUT2D eigenvalue weighted by Crippen LogP contribution is -2.51. The normalized spacial score (nSPS) is 16.4. The predicted molar refractivity (Wildman–Crippen MR) is 86.9 cm³/mol. The van der Waals surface area contributed by atoms with Crippen molar-refractivity contribution in [3.63, 3.8) is 0 Å². The van der Waals surface area contributed by atoms with E-state index >= 15 is 0 Å². The van der Waals surface area contributed by atoms with Crippen molar-refractivity contribution < 1.29 is 0 Å². The molecule has 1 saturated heterocycles. The Bertz CT molecular complexity index is 491. The number of anilines is 1. The van der Waals surface area contributed by atoms with Gasteiger partial charge in [0.05, 0.1) is 0 Å². The number of benzene rings is 1. The Kier molecular flexibility index (Phi) is 4.07. The number of hydrogen-bond donors (Lipinski definition) is 1. The summed E-state index contributed by atoms with van der Waals surface area (Å²) in [5, 5.41) is 8.29. The fourth-order valence-electron chi connectivity index (χ4n) is 2.72. The van der Waals surface area contributed by atoms with Crippen LogP contribution in [0.4, 0.5) is 5.69 Å². The molecule has 0 aromatic heterocycles. The van der Waals surface area contributed by atoms with Gasteiger partial charge in [-0.05, 0) is 31.0 Å². The summed E-state index contributed by atoms with van der Waals surface area (Å²) in [6.07, 6.45) is 0. The van der Waals surface area contributed by atoms with E-state index in [1.165, 1.54) is 16.8 Å². The van der Waals surface area contributed by atoms with E-state index in [0.717, 1.165) is 32.0 Å². The molecule has 3 nitrogen and oxygen atoms in total. The molecule has 0 radical (unpaired) electrons. The number of hydrogen-bond acceptors (Lipinski definition) is 2. The Morgan fingerprint density at radius 3 is 2.20 bits per heavy atom. The molecule has 1 aromatic rings. The molecule has 1 N–H and O–H groups in total. The van der Waals surface area contributed by atoms with E-state index < -0.39 is 0 Å². The highest BCUT2D eigenvalue weighted by Gasteiger charge is 2.26. The molecule has 0 atom stereocenters. The van der Waals surface area contributed by atoms with Crippen LogP contribution in [-0.2, 0) is 0 Å². The van der Waals surface area contributed by atoms with Crippen molar-refractivity contribution in [2.24, 2.45) is 5.41 Å². The molecule has 1 aromatic carbocycles. The lowest BCUT2D eigenvalue weighted by Gasteiger charge is -2.41. The molecule has 1 aliphatic rings. The summed E-state index contributed by atoms with van der Waals surface area (Å²) < 4.78 is 0. The summed E-state index contributed by atoms with van der Waals surface area (Å²) in [5.41, 5.74) is 4.03. The topological polar surface area (TPSA) is 30.3 Å². The molecule has 110 valence electrons. The third kappa shape index (κ3) is 2.97. The van der Waals surface area contributed by atoms with Gasteiger partial charge in [-0.2, -0.15) is 0 Å². The van der Waals surface area contributed by atoms with Crippen molar-refractivity contribution in [2.45, 2.75) is 34.6 Å². The van der Waals surface area contributed by atoms with Gasteiger partial charge in [0.1, 0.15) is 5.84 Å². The second-order valence-corrected chi connectivity index (χ2v) is 6.79. The number of rotatable bonds is 1. The number of nitrogens with one attached hydrogen (secondary N) is 1. The zero-order valence-corrected chi connectivity index (χ0v) is 13.5. The monoisotopic (exact) mass is 273 g/mol. The van der Waals surface area contributed by atoms with Gasteiger partial charge < -0.3 is 9.80 Å². The summed E-state index contributed by atoms with van der Waals surface area (Å²) in [7, 11) is 0. The van der Waals surface area contributed by atoms with Gasteiger partial charge in [0.2, 0.25) is 0 Å². The lowest BCUT2D eigenvalue weighted by molar-refractivity contribution is 0.343. The number of piperazine rings is 1. The van der Waals surface area contributed by atoms with E-state index in [4.69, 9.17) is 5.41 Å². The SMILES string of the molecule is Cc1cccc(N2CCN(C(=N)C(C)(C)C)CC2)c1C. The maximum absolute atomic E-state index is 8.29. The molecule has 0 saturated carbocycles. The molecule has 1 heterocycles. The van der Waals surface area contributed by atoms with E-state index in [1.54, 1.807) is 0 Å². The largest absolute Gasteiger partial charge is 0.368 e. The van der Waals surface area contributed by atoms with Crippen LogP contribution in [0.15, 0.2) is 18.2 Å². The third-order valence-electron chi connectivity index (χ3n) is 4.22. The first-order chi connectivity index (χ1) is 9.30. The first-order valence-electron chi connectivity index (χ1n) is 7.46. The van der Waals surface area contributed by atoms with Gasteiger partial charge in [-0.1, -0.05) is 32.9 Å². The van der Waals surface area contributed by atoms with Gasteiger partial charge in [0.15, 0.2) is 0 Å². The van der Waals surface area contributed by atoms with E-state index in [1.807, 2.05) is 0 Å². The maximum atomic E-state index is 8.29. The van der Waals surface area contributed by atoms with E-state index in [0.29, 0.717) is 0 Å². The van der Waals surface area contributed by atoms with Gasteiger partial charge in [-0.25, -0.2) is 0 Å². The van der Waals surface area contributed by atoms with Crippen LogP contribution in [0.5, 0.6) is 0 Å². The molecule has 0 amide bonds. The van der Waals surface area contributed by atoms with Crippen molar-refractivity contribution >= 4 is 11.5 Å². The van der Waals surface area contributed by atoms with Crippen molar-refractivity contribution in [3.05, 3.63) is 29.3 Å². The van der Waals surface area contributed by atoms with Gasteiger partial charge >= 0.3 is 0 Å². The van der Waals surface area contributed by atoms with Crippen LogP contribution in [-0.4, -0.2) is 36.9 Å². The average molecular weight is 273 g/mol. The Morgan fingerprint density at radius 1 is 1.05 bits per heavy atom. The molecule has 0 unspecified atom stereocenters. The summed E-state index contributed by atoms with van der Waals surface area (Å²) in [4.78, 5) is 4.68. The Balaban J connectivity index is 2.05. The summed E-state index contributed by atoms with van der Waals surface area (Å²) in [5.74, 6) is 0.762. The smallest absolute Gasteiger partial charge is 0.101 e.